The van der Waals surface area contributed by atoms with Gasteiger partial charge in [0.2, 0.25) is 0 Å². The molecule has 1 atom stereocenters. The van der Waals surface area contributed by atoms with Crippen molar-refractivity contribution in [2.24, 2.45) is 5.73 Å². The van der Waals surface area contributed by atoms with Gasteiger partial charge in [0.1, 0.15) is 6.61 Å². The van der Waals surface area contributed by atoms with Gasteiger partial charge in [0.25, 0.3) is 0 Å². The van der Waals surface area contributed by atoms with E-state index in [1.54, 1.807) is 0 Å². The minimum absolute atomic E-state index is 0.0712. The van der Waals surface area contributed by atoms with Gasteiger partial charge in [0, 0.05) is 17.1 Å². The summed E-state index contributed by atoms with van der Waals surface area (Å²) in [6.07, 6.45) is 3.35. The molecule has 1 aliphatic heterocycles. The number of cyclic esters (lactones) is 1. The van der Waals surface area contributed by atoms with Crippen molar-refractivity contribution in [2.75, 3.05) is 13.2 Å². The Kier molecular flexibility index (Phi) is 3.13. The molecular weight excluding hydrogens is 242 g/mol. The Morgan fingerprint density at radius 3 is 3.05 bits per heavy atom. The summed E-state index contributed by atoms with van der Waals surface area (Å²) >= 11 is 0. The van der Waals surface area contributed by atoms with Crippen LogP contribution in [-0.4, -0.2) is 30.3 Å². The number of rotatable bonds is 4. The second-order valence-electron chi connectivity index (χ2n) is 4.88. The summed E-state index contributed by atoms with van der Waals surface area (Å²) in [5.41, 5.74) is 9.18. The Morgan fingerprint density at radius 1 is 1.42 bits per heavy atom. The molecule has 1 fully saturated rings. The summed E-state index contributed by atoms with van der Waals surface area (Å²) in [5.74, 6) is 0. The fraction of sp³-hybridized carbons (Fsp3) is 0.357. The van der Waals surface area contributed by atoms with Crippen LogP contribution in [0, 0.1) is 0 Å². The first-order valence-electron chi connectivity index (χ1n) is 6.48. The zero-order chi connectivity index (χ0) is 13.2. The molecule has 1 aromatic carbocycles. The summed E-state index contributed by atoms with van der Waals surface area (Å²) in [6, 6.07) is 6.39. The van der Waals surface area contributed by atoms with Gasteiger partial charge < -0.3 is 20.8 Å². The number of fused-ring (bicyclic) bond motifs is 1. The van der Waals surface area contributed by atoms with E-state index in [-0.39, 0.29) is 12.1 Å². The molecule has 2 heterocycles. The Hall–Kier alpha value is -2.01. The monoisotopic (exact) mass is 259 g/mol. The molecule has 100 valence electrons. The summed E-state index contributed by atoms with van der Waals surface area (Å²) in [7, 11) is 0. The zero-order valence-corrected chi connectivity index (χ0v) is 10.6. The predicted molar refractivity (Wildman–Crippen MR) is 73.0 cm³/mol. The van der Waals surface area contributed by atoms with Gasteiger partial charge in [-0.3, -0.25) is 0 Å². The quantitative estimate of drug-likeness (QED) is 0.774. The van der Waals surface area contributed by atoms with E-state index < -0.39 is 0 Å². The average Bonchev–Trinajstić information content (AvgIpc) is 2.97. The number of hydrogen-bond acceptors (Lipinski definition) is 3. The second kappa shape index (κ2) is 4.93. The lowest BCUT2D eigenvalue weighted by atomic mass is 10.0. The fourth-order valence-electron chi connectivity index (χ4n) is 2.54. The van der Waals surface area contributed by atoms with Gasteiger partial charge in [-0.25, -0.2) is 4.79 Å². The lowest BCUT2D eigenvalue weighted by Crippen LogP contribution is -2.28. The van der Waals surface area contributed by atoms with Crippen LogP contribution in [0.15, 0.2) is 24.4 Å². The van der Waals surface area contributed by atoms with Crippen LogP contribution in [0.25, 0.3) is 10.9 Å². The van der Waals surface area contributed by atoms with Crippen molar-refractivity contribution >= 4 is 17.0 Å². The highest BCUT2D eigenvalue weighted by atomic mass is 16.6. The van der Waals surface area contributed by atoms with Crippen molar-refractivity contribution in [1.82, 2.24) is 10.3 Å². The molecule has 3 rings (SSSR count). The smallest absolute Gasteiger partial charge is 0.407 e. The van der Waals surface area contributed by atoms with E-state index in [1.807, 2.05) is 6.20 Å². The van der Waals surface area contributed by atoms with Crippen LogP contribution in [0.1, 0.15) is 11.1 Å². The first kappa shape index (κ1) is 12.0. The number of amides is 1. The molecule has 0 radical (unpaired) electrons. The number of nitrogens with two attached hydrogens (primary N) is 1. The maximum Gasteiger partial charge on any atom is 0.407 e. The van der Waals surface area contributed by atoms with E-state index >= 15 is 0 Å². The lowest BCUT2D eigenvalue weighted by Gasteiger charge is -2.07. The standard InChI is InChI=1S/C14H17N3O2/c15-4-3-10-7-16-13-2-1-9(6-12(10)13)5-11-8-19-14(18)17-11/h1-2,6-7,11,16H,3-5,8,15H2,(H,17,18)/t11-/m1/s1. The fourth-order valence-corrected chi connectivity index (χ4v) is 2.54. The third-order valence-electron chi connectivity index (χ3n) is 3.47. The Bertz CT molecular complexity index is 606. The summed E-state index contributed by atoms with van der Waals surface area (Å²) < 4.78 is 4.90. The normalized spacial score (nSPS) is 18.6. The number of ether oxygens (including phenoxy) is 1. The van der Waals surface area contributed by atoms with E-state index in [4.69, 9.17) is 10.5 Å². The van der Waals surface area contributed by atoms with Crippen LogP contribution in [0.5, 0.6) is 0 Å². The van der Waals surface area contributed by atoms with E-state index in [0.29, 0.717) is 13.2 Å². The van der Waals surface area contributed by atoms with Crippen LogP contribution in [-0.2, 0) is 17.6 Å². The molecule has 1 saturated heterocycles. The summed E-state index contributed by atoms with van der Waals surface area (Å²) in [4.78, 5) is 14.3. The predicted octanol–water partition coefficient (Wildman–Crippen LogP) is 1.32. The zero-order valence-electron chi connectivity index (χ0n) is 10.6. The molecule has 2 aromatic rings. The van der Waals surface area contributed by atoms with Crippen molar-refractivity contribution in [1.29, 1.82) is 0 Å². The number of carbonyl (C=O) groups excluding carboxylic acids is 1. The van der Waals surface area contributed by atoms with Crippen LogP contribution >= 0.6 is 0 Å². The molecule has 4 N–H and O–H groups in total. The lowest BCUT2D eigenvalue weighted by molar-refractivity contribution is 0.177. The van der Waals surface area contributed by atoms with Gasteiger partial charge in [-0.05, 0) is 42.6 Å². The Labute approximate surface area is 111 Å². The number of benzene rings is 1. The molecule has 19 heavy (non-hydrogen) atoms. The highest BCUT2D eigenvalue weighted by molar-refractivity contribution is 5.84. The third kappa shape index (κ3) is 2.42. The molecule has 1 aromatic heterocycles. The Morgan fingerprint density at radius 2 is 2.32 bits per heavy atom. The first-order valence-corrected chi connectivity index (χ1v) is 6.48. The van der Waals surface area contributed by atoms with Gasteiger partial charge >= 0.3 is 6.09 Å². The topological polar surface area (TPSA) is 80.1 Å². The SMILES string of the molecule is NCCc1c[nH]c2ccc(C[C@@H]3COC(=O)N3)cc12. The molecule has 1 aliphatic rings. The number of H-pyrrole nitrogens is 1. The number of hydrogen-bond donors (Lipinski definition) is 3. The summed E-state index contributed by atoms with van der Waals surface area (Å²) in [5, 5.41) is 4.01. The number of aromatic amines is 1. The molecule has 0 bridgehead atoms. The summed E-state index contributed by atoms with van der Waals surface area (Å²) in [6.45, 7) is 1.09. The number of aromatic nitrogens is 1. The molecule has 0 spiro atoms. The van der Waals surface area contributed by atoms with Crippen LogP contribution in [0.3, 0.4) is 0 Å². The van der Waals surface area contributed by atoms with Crippen LogP contribution in [0.2, 0.25) is 0 Å². The molecular formula is C14H17N3O2. The van der Waals surface area contributed by atoms with E-state index in [0.717, 1.165) is 18.4 Å². The van der Waals surface area contributed by atoms with Gasteiger partial charge in [0.05, 0.1) is 6.04 Å². The maximum atomic E-state index is 11.0. The molecule has 5 heteroatoms. The minimum atomic E-state index is -0.323. The second-order valence-corrected chi connectivity index (χ2v) is 4.88. The largest absolute Gasteiger partial charge is 0.447 e. The van der Waals surface area contributed by atoms with E-state index in [1.165, 1.54) is 16.5 Å². The van der Waals surface area contributed by atoms with Gasteiger partial charge in [-0.2, -0.15) is 0 Å². The molecule has 1 amide bonds. The number of nitrogens with one attached hydrogen (secondary N) is 2. The van der Waals surface area contributed by atoms with Crippen molar-refractivity contribution in [2.45, 2.75) is 18.9 Å². The van der Waals surface area contributed by atoms with Gasteiger partial charge in [-0.1, -0.05) is 6.07 Å². The van der Waals surface area contributed by atoms with Crippen molar-refractivity contribution in [3.63, 3.8) is 0 Å². The third-order valence-corrected chi connectivity index (χ3v) is 3.47. The van der Waals surface area contributed by atoms with E-state index in [9.17, 15) is 4.79 Å². The number of carbonyl (C=O) groups is 1. The van der Waals surface area contributed by atoms with Crippen LogP contribution < -0.4 is 11.1 Å². The molecule has 0 unspecified atom stereocenters. The molecule has 0 aliphatic carbocycles. The average molecular weight is 259 g/mol. The maximum absolute atomic E-state index is 11.0. The molecule has 5 nitrogen and oxygen atoms in total. The van der Waals surface area contributed by atoms with Crippen molar-refractivity contribution < 1.29 is 9.53 Å². The van der Waals surface area contributed by atoms with E-state index in [2.05, 4.69) is 28.5 Å². The minimum Gasteiger partial charge on any atom is -0.447 e. The number of alkyl carbamates (subject to hydrolysis) is 1. The highest BCUT2D eigenvalue weighted by Crippen LogP contribution is 2.21. The van der Waals surface area contributed by atoms with Crippen molar-refractivity contribution in [3.8, 4) is 0 Å². The Balaban J connectivity index is 1.83. The highest BCUT2D eigenvalue weighted by Gasteiger charge is 2.22. The van der Waals surface area contributed by atoms with Crippen LogP contribution in [0.4, 0.5) is 4.79 Å². The van der Waals surface area contributed by atoms with Gasteiger partial charge in [-0.15, -0.1) is 0 Å². The first-order chi connectivity index (χ1) is 9.26. The molecule has 0 saturated carbocycles. The van der Waals surface area contributed by atoms with Gasteiger partial charge in [0.15, 0.2) is 0 Å². The van der Waals surface area contributed by atoms with Crippen molar-refractivity contribution in [3.05, 3.63) is 35.5 Å².